The number of rotatable bonds is 7. The van der Waals surface area contributed by atoms with Gasteiger partial charge in [-0.15, -0.1) is 0 Å². The highest BCUT2D eigenvalue weighted by molar-refractivity contribution is 7.89. The number of ether oxygens (including phenoxy) is 1. The van der Waals surface area contributed by atoms with Crippen LogP contribution in [-0.2, 0) is 16.4 Å². The Bertz CT molecular complexity index is 1050. The molecular formula is C18H19Cl2N3O3S. The SMILES string of the molecule is CC(C)Oc1ccc(S(=O)(=O)NCCc2cn3cc(Cl)cc(Cl)c3n2)cc1. The minimum absolute atomic E-state index is 0.0272. The smallest absolute Gasteiger partial charge is 0.240 e. The number of nitrogens with one attached hydrogen (secondary N) is 1. The monoisotopic (exact) mass is 427 g/mol. The summed E-state index contributed by atoms with van der Waals surface area (Å²) in [6.07, 6.45) is 3.92. The molecular weight excluding hydrogens is 409 g/mol. The molecule has 144 valence electrons. The summed E-state index contributed by atoms with van der Waals surface area (Å²) in [5.41, 5.74) is 1.29. The lowest BCUT2D eigenvalue weighted by Crippen LogP contribution is -2.26. The van der Waals surface area contributed by atoms with E-state index < -0.39 is 10.0 Å². The number of imidazole rings is 1. The Morgan fingerprint density at radius 1 is 1.19 bits per heavy atom. The van der Waals surface area contributed by atoms with Crippen molar-refractivity contribution in [2.75, 3.05) is 6.54 Å². The van der Waals surface area contributed by atoms with Crippen LogP contribution >= 0.6 is 23.2 Å². The van der Waals surface area contributed by atoms with Crippen molar-refractivity contribution in [3.63, 3.8) is 0 Å². The van der Waals surface area contributed by atoms with Crippen molar-refractivity contribution in [1.29, 1.82) is 0 Å². The number of aromatic nitrogens is 2. The van der Waals surface area contributed by atoms with Crippen molar-refractivity contribution in [2.24, 2.45) is 0 Å². The third-order valence-electron chi connectivity index (χ3n) is 3.70. The molecule has 2 aromatic heterocycles. The molecule has 0 spiro atoms. The quantitative estimate of drug-likeness (QED) is 0.619. The first-order valence-electron chi connectivity index (χ1n) is 8.33. The molecule has 0 fully saturated rings. The number of sulfonamides is 1. The van der Waals surface area contributed by atoms with Crippen LogP contribution in [0.25, 0.3) is 5.65 Å². The number of halogens is 2. The number of hydrogen-bond donors (Lipinski definition) is 1. The van der Waals surface area contributed by atoms with Gasteiger partial charge in [0, 0.05) is 25.4 Å². The average Bonchev–Trinajstić information content (AvgIpc) is 2.97. The molecule has 3 aromatic rings. The van der Waals surface area contributed by atoms with Gasteiger partial charge in [0.1, 0.15) is 5.75 Å². The van der Waals surface area contributed by atoms with E-state index in [1.807, 2.05) is 13.8 Å². The van der Waals surface area contributed by atoms with E-state index in [1.54, 1.807) is 35.0 Å². The van der Waals surface area contributed by atoms with Crippen LogP contribution in [0.4, 0.5) is 0 Å². The molecule has 0 aliphatic rings. The maximum atomic E-state index is 12.4. The first kappa shape index (κ1) is 19.9. The molecule has 0 bridgehead atoms. The summed E-state index contributed by atoms with van der Waals surface area (Å²) in [6.45, 7) is 4.03. The third kappa shape index (κ3) is 4.93. The van der Waals surface area contributed by atoms with Gasteiger partial charge in [-0.2, -0.15) is 0 Å². The molecule has 3 rings (SSSR count). The molecule has 1 N–H and O–H groups in total. The van der Waals surface area contributed by atoms with Crippen LogP contribution in [-0.4, -0.2) is 30.5 Å². The van der Waals surface area contributed by atoms with Crippen molar-refractivity contribution in [1.82, 2.24) is 14.1 Å². The number of benzene rings is 1. The number of fused-ring (bicyclic) bond motifs is 1. The van der Waals surface area contributed by atoms with Gasteiger partial charge >= 0.3 is 0 Å². The molecule has 2 heterocycles. The van der Waals surface area contributed by atoms with E-state index in [0.717, 1.165) is 0 Å². The standard InChI is InChI=1S/C18H19Cl2N3O3S/c1-12(2)26-15-3-5-16(6-4-15)27(24,25)21-8-7-14-11-23-10-13(19)9-17(20)18(23)22-14/h3-6,9-12,21H,7-8H2,1-2H3. The molecule has 27 heavy (non-hydrogen) atoms. The molecule has 0 saturated heterocycles. The van der Waals surface area contributed by atoms with E-state index in [9.17, 15) is 8.42 Å². The fourth-order valence-corrected chi connectivity index (χ4v) is 4.12. The maximum Gasteiger partial charge on any atom is 0.240 e. The Labute approximate surface area is 168 Å². The molecule has 0 aliphatic heterocycles. The van der Waals surface area contributed by atoms with Gasteiger partial charge in [-0.3, -0.25) is 0 Å². The number of pyridine rings is 1. The average molecular weight is 428 g/mol. The zero-order valence-corrected chi connectivity index (χ0v) is 17.1. The van der Waals surface area contributed by atoms with Crippen LogP contribution in [0.3, 0.4) is 0 Å². The lowest BCUT2D eigenvalue weighted by molar-refractivity contribution is 0.242. The summed E-state index contributed by atoms with van der Waals surface area (Å²) in [4.78, 5) is 4.59. The minimum Gasteiger partial charge on any atom is -0.491 e. The highest BCUT2D eigenvalue weighted by Gasteiger charge is 2.14. The second-order valence-electron chi connectivity index (χ2n) is 6.26. The lowest BCUT2D eigenvalue weighted by Gasteiger charge is -2.10. The van der Waals surface area contributed by atoms with E-state index in [4.69, 9.17) is 27.9 Å². The second kappa shape index (κ2) is 8.06. The summed E-state index contributed by atoms with van der Waals surface area (Å²) < 4.78 is 34.6. The predicted octanol–water partition coefficient (Wildman–Crippen LogP) is 3.95. The first-order chi connectivity index (χ1) is 12.7. The van der Waals surface area contributed by atoms with Gasteiger partial charge < -0.3 is 9.14 Å². The molecule has 1 aromatic carbocycles. The van der Waals surface area contributed by atoms with Crippen LogP contribution < -0.4 is 9.46 Å². The second-order valence-corrected chi connectivity index (χ2v) is 8.87. The molecule has 6 nitrogen and oxygen atoms in total. The highest BCUT2D eigenvalue weighted by Crippen LogP contribution is 2.22. The van der Waals surface area contributed by atoms with E-state index in [1.165, 1.54) is 12.1 Å². The van der Waals surface area contributed by atoms with Crippen LogP contribution in [0.5, 0.6) is 5.75 Å². The molecule has 0 aliphatic carbocycles. The summed E-state index contributed by atoms with van der Waals surface area (Å²) >= 11 is 12.1. The van der Waals surface area contributed by atoms with Gasteiger partial charge in [0.05, 0.1) is 26.7 Å². The van der Waals surface area contributed by atoms with Crippen LogP contribution in [0.15, 0.2) is 47.6 Å². The fraction of sp³-hybridized carbons (Fsp3) is 0.278. The van der Waals surface area contributed by atoms with E-state index in [-0.39, 0.29) is 17.5 Å². The summed E-state index contributed by atoms with van der Waals surface area (Å²) in [5.74, 6) is 0.629. The van der Waals surface area contributed by atoms with Gasteiger partial charge in [-0.25, -0.2) is 18.1 Å². The Balaban J connectivity index is 1.64. The van der Waals surface area contributed by atoms with Crippen molar-refractivity contribution in [3.8, 4) is 5.75 Å². The Hall–Kier alpha value is -1.80. The molecule has 0 radical (unpaired) electrons. The first-order valence-corrected chi connectivity index (χ1v) is 10.6. The largest absolute Gasteiger partial charge is 0.491 e. The molecule has 0 unspecified atom stereocenters. The normalized spacial score (nSPS) is 12.0. The van der Waals surface area contributed by atoms with Crippen molar-refractivity contribution >= 4 is 38.9 Å². The van der Waals surface area contributed by atoms with Gasteiger partial charge in [0.25, 0.3) is 0 Å². The van der Waals surface area contributed by atoms with E-state index in [0.29, 0.717) is 33.6 Å². The number of nitrogens with zero attached hydrogens (tertiary/aromatic N) is 2. The Kier molecular flexibility index (Phi) is 5.95. The molecule has 0 saturated carbocycles. The topological polar surface area (TPSA) is 72.7 Å². The minimum atomic E-state index is -3.61. The van der Waals surface area contributed by atoms with Gasteiger partial charge in [-0.05, 0) is 44.2 Å². The molecule has 9 heteroatoms. The molecule has 0 amide bonds. The van der Waals surface area contributed by atoms with Gasteiger partial charge in [0.2, 0.25) is 10.0 Å². The lowest BCUT2D eigenvalue weighted by atomic mass is 10.3. The van der Waals surface area contributed by atoms with E-state index >= 15 is 0 Å². The third-order valence-corrected chi connectivity index (χ3v) is 5.66. The Morgan fingerprint density at radius 2 is 1.89 bits per heavy atom. The van der Waals surface area contributed by atoms with Gasteiger partial charge in [-0.1, -0.05) is 23.2 Å². The fourth-order valence-electron chi connectivity index (χ4n) is 2.56. The zero-order valence-electron chi connectivity index (χ0n) is 14.8. The zero-order chi connectivity index (χ0) is 19.6. The number of hydrogen-bond acceptors (Lipinski definition) is 4. The summed E-state index contributed by atoms with van der Waals surface area (Å²) in [5, 5.41) is 0.945. The highest BCUT2D eigenvalue weighted by atomic mass is 35.5. The van der Waals surface area contributed by atoms with Crippen LogP contribution in [0, 0.1) is 0 Å². The maximum absolute atomic E-state index is 12.4. The van der Waals surface area contributed by atoms with Crippen LogP contribution in [0.1, 0.15) is 19.5 Å². The Morgan fingerprint density at radius 3 is 2.56 bits per heavy atom. The van der Waals surface area contributed by atoms with E-state index in [2.05, 4.69) is 9.71 Å². The summed E-state index contributed by atoms with van der Waals surface area (Å²) in [6, 6.07) is 7.94. The van der Waals surface area contributed by atoms with Gasteiger partial charge in [0.15, 0.2) is 5.65 Å². The molecule has 0 atom stereocenters. The van der Waals surface area contributed by atoms with Crippen molar-refractivity contribution in [2.45, 2.75) is 31.3 Å². The van der Waals surface area contributed by atoms with Crippen molar-refractivity contribution < 1.29 is 13.2 Å². The predicted molar refractivity (Wildman–Crippen MR) is 106 cm³/mol. The van der Waals surface area contributed by atoms with Crippen LogP contribution in [0.2, 0.25) is 10.0 Å². The van der Waals surface area contributed by atoms with Crippen molar-refractivity contribution in [3.05, 3.63) is 58.5 Å². The summed E-state index contributed by atoms with van der Waals surface area (Å²) in [7, 11) is -3.61.